The van der Waals surface area contributed by atoms with Gasteiger partial charge in [-0.05, 0) is 51.1 Å². The second-order valence-electron chi connectivity index (χ2n) is 6.12. The van der Waals surface area contributed by atoms with E-state index in [0.717, 1.165) is 31.6 Å². The predicted molar refractivity (Wildman–Crippen MR) is 81.2 cm³/mol. The van der Waals surface area contributed by atoms with Crippen LogP contribution in [0.25, 0.3) is 0 Å². The van der Waals surface area contributed by atoms with Gasteiger partial charge in [0.1, 0.15) is 0 Å². The van der Waals surface area contributed by atoms with E-state index in [1.807, 2.05) is 17.0 Å². The Hall–Kier alpha value is -1.55. The number of fused-ring (bicyclic) bond motifs is 1. The van der Waals surface area contributed by atoms with Gasteiger partial charge >= 0.3 is 0 Å². The molecule has 1 aromatic rings. The molecule has 1 N–H and O–H groups in total. The average Bonchev–Trinajstić information content (AvgIpc) is 2.90. The number of amides is 1. The first kappa shape index (κ1) is 13.4. The van der Waals surface area contributed by atoms with Gasteiger partial charge in [-0.25, -0.2) is 0 Å². The third kappa shape index (κ3) is 2.29. The summed E-state index contributed by atoms with van der Waals surface area (Å²) >= 11 is 0. The van der Waals surface area contributed by atoms with E-state index < -0.39 is 0 Å². The average molecular weight is 273 g/mol. The molecule has 4 heteroatoms. The Morgan fingerprint density at radius 2 is 1.95 bits per heavy atom. The minimum atomic E-state index is 0.173. The van der Waals surface area contributed by atoms with Gasteiger partial charge in [0.05, 0.1) is 0 Å². The maximum atomic E-state index is 12.7. The van der Waals surface area contributed by atoms with Gasteiger partial charge in [-0.1, -0.05) is 0 Å². The van der Waals surface area contributed by atoms with E-state index in [9.17, 15) is 4.79 Å². The number of carbonyl (C=O) groups excluding carboxylic acids is 1. The third-order valence-corrected chi connectivity index (χ3v) is 4.71. The van der Waals surface area contributed by atoms with Gasteiger partial charge in [-0.2, -0.15) is 0 Å². The molecule has 0 aromatic heterocycles. The fourth-order valence-electron chi connectivity index (χ4n) is 3.19. The third-order valence-electron chi connectivity index (χ3n) is 4.71. The summed E-state index contributed by atoms with van der Waals surface area (Å²) in [6, 6.07) is 6.88. The molecule has 0 spiro atoms. The highest BCUT2D eigenvalue weighted by Gasteiger charge is 2.30. The summed E-state index contributed by atoms with van der Waals surface area (Å²) in [5.74, 6) is 0.173. The Morgan fingerprint density at radius 3 is 2.65 bits per heavy atom. The number of rotatable bonds is 1. The van der Waals surface area contributed by atoms with Gasteiger partial charge in [0.2, 0.25) is 0 Å². The largest absolute Gasteiger partial charge is 0.384 e. The van der Waals surface area contributed by atoms with Crippen LogP contribution < -0.4 is 5.32 Å². The van der Waals surface area contributed by atoms with Gasteiger partial charge in [0.15, 0.2) is 0 Å². The number of nitrogens with zero attached hydrogens (tertiary/aromatic N) is 2. The smallest absolute Gasteiger partial charge is 0.253 e. The Balaban J connectivity index is 1.79. The van der Waals surface area contributed by atoms with E-state index in [0.29, 0.717) is 12.1 Å². The fraction of sp³-hybridized carbons (Fsp3) is 0.562. The van der Waals surface area contributed by atoms with E-state index in [1.165, 1.54) is 11.3 Å². The van der Waals surface area contributed by atoms with E-state index in [4.69, 9.17) is 0 Å². The Labute approximate surface area is 120 Å². The van der Waals surface area contributed by atoms with E-state index in [2.05, 4.69) is 37.2 Å². The number of nitrogens with one attached hydrogen (secondary N) is 1. The summed E-state index contributed by atoms with van der Waals surface area (Å²) in [5, 5.41) is 3.33. The molecular weight excluding hydrogens is 250 g/mol. The molecule has 2 aliphatic rings. The Bertz CT molecular complexity index is 516. The zero-order chi connectivity index (χ0) is 14.3. The lowest BCUT2D eigenvalue weighted by Gasteiger charge is -2.42. The SMILES string of the molecule is CC1CN(C(=O)c2ccc3c(c2)CCN3)CC(C)N1C. The number of carbonyl (C=O) groups is 1. The molecule has 0 radical (unpaired) electrons. The van der Waals surface area contributed by atoms with Gasteiger partial charge in [0, 0.05) is 43.0 Å². The van der Waals surface area contributed by atoms with Gasteiger partial charge in [0.25, 0.3) is 5.91 Å². The minimum absolute atomic E-state index is 0.173. The molecule has 1 fully saturated rings. The summed E-state index contributed by atoms with van der Waals surface area (Å²) in [6.45, 7) is 6.98. The highest BCUT2D eigenvalue weighted by Crippen LogP contribution is 2.24. The number of hydrogen-bond acceptors (Lipinski definition) is 3. The molecule has 1 aromatic carbocycles. The van der Waals surface area contributed by atoms with Crippen LogP contribution in [0.4, 0.5) is 5.69 Å². The first-order valence-corrected chi connectivity index (χ1v) is 7.44. The van der Waals surface area contributed by atoms with Crippen molar-refractivity contribution in [3.05, 3.63) is 29.3 Å². The molecule has 0 saturated carbocycles. The zero-order valence-corrected chi connectivity index (χ0v) is 12.5. The van der Waals surface area contributed by atoms with Crippen LogP contribution in [-0.4, -0.2) is 54.5 Å². The monoisotopic (exact) mass is 273 g/mol. The molecule has 0 aliphatic carbocycles. The normalized spacial score (nSPS) is 26.2. The number of anilines is 1. The first-order chi connectivity index (χ1) is 9.56. The van der Waals surface area contributed by atoms with Crippen molar-refractivity contribution < 1.29 is 4.79 Å². The van der Waals surface area contributed by atoms with Crippen LogP contribution in [0.5, 0.6) is 0 Å². The van der Waals surface area contributed by atoms with E-state index >= 15 is 0 Å². The molecule has 1 saturated heterocycles. The topological polar surface area (TPSA) is 35.6 Å². The van der Waals surface area contributed by atoms with Crippen molar-refractivity contribution in [2.45, 2.75) is 32.4 Å². The number of likely N-dealkylation sites (N-methyl/N-ethyl adjacent to an activating group) is 1. The number of benzene rings is 1. The van der Waals surface area contributed by atoms with Crippen LogP contribution >= 0.6 is 0 Å². The van der Waals surface area contributed by atoms with Crippen LogP contribution in [-0.2, 0) is 6.42 Å². The standard InChI is InChI=1S/C16H23N3O/c1-11-9-19(10-12(2)18(11)3)16(20)14-4-5-15-13(8-14)6-7-17-15/h4-5,8,11-12,17H,6-7,9-10H2,1-3H3. The van der Waals surface area contributed by atoms with Crippen LogP contribution in [0.1, 0.15) is 29.8 Å². The summed E-state index contributed by atoms with van der Waals surface area (Å²) in [4.78, 5) is 17.0. The Morgan fingerprint density at radius 1 is 1.25 bits per heavy atom. The van der Waals surface area contributed by atoms with Crippen LogP contribution in [0.3, 0.4) is 0 Å². The minimum Gasteiger partial charge on any atom is -0.384 e. The Kier molecular flexibility index (Phi) is 3.42. The molecule has 0 bridgehead atoms. The van der Waals surface area contributed by atoms with Crippen molar-refractivity contribution in [3.8, 4) is 0 Å². The first-order valence-electron chi connectivity index (χ1n) is 7.44. The number of piperazine rings is 1. The summed E-state index contributed by atoms with van der Waals surface area (Å²) in [5.41, 5.74) is 3.28. The fourth-order valence-corrected chi connectivity index (χ4v) is 3.19. The maximum absolute atomic E-state index is 12.7. The van der Waals surface area contributed by atoms with Gasteiger partial charge < -0.3 is 10.2 Å². The summed E-state index contributed by atoms with van der Waals surface area (Å²) < 4.78 is 0. The van der Waals surface area contributed by atoms with E-state index in [1.54, 1.807) is 0 Å². The molecule has 108 valence electrons. The lowest BCUT2D eigenvalue weighted by Crippen LogP contribution is -2.56. The molecule has 2 unspecified atom stereocenters. The molecule has 20 heavy (non-hydrogen) atoms. The molecule has 2 atom stereocenters. The lowest BCUT2D eigenvalue weighted by molar-refractivity contribution is 0.0414. The van der Waals surface area contributed by atoms with Crippen molar-refractivity contribution in [2.75, 3.05) is 32.0 Å². The molecule has 3 rings (SSSR count). The van der Waals surface area contributed by atoms with Crippen LogP contribution in [0.2, 0.25) is 0 Å². The van der Waals surface area contributed by atoms with Crippen molar-refractivity contribution in [1.82, 2.24) is 9.80 Å². The van der Waals surface area contributed by atoms with Crippen molar-refractivity contribution in [1.29, 1.82) is 0 Å². The lowest BCUT2D eigenvalue weighted by atomic mass is 10.0. The zero-order valence-electron chi connectivity index (χ0n) is 12.5. The second kappa shape index (κ2) is 5.09. The summed E-state index contributed by atoms with van der Waals surface area (Å²) in [7, 11) is 2.14. The van der Waals surface area contributed by atoms with Crippen molar-refractivity contribution in [3.63, 3.8) is 0 Å². The van der Waals surface area contributed by atoms with Gasteiger partial charge in [-0.3, -0.25) is 9.69 Å². The van der Waals surface area contributed by atoms with Crippen LogP contribution in [0, 0.1) is 0 Å². The van der Waals surface area contributed by atoms with E-state index in [-0.39, 0.29) is 5.91 Å². The highest BCUT2D eigenvalue weighted by atomic mass is 16.2. The van der Waals surface area contributed by atoms with Gasteiger partial charge in [-0.15, -0.1) is 0 Å². The molecule has 2 aliphatic heterocycles. The predicted octanol–water partition coefficient (Wildman–Crippen LogP) is 1.82. The molecular formula is C16H23N3O. The number of hydrogen-bond donors (Lipinski definition) is 1. The molecule has 1 amide bonds. The second-order valence-corrected chi connectivity index (χ2v) is 6.12. The van der Waals surface area contributed by atoms with Crippen LogP contribution in [0.15, 0.2) is 18.2 Å². The molecule has 4 nitrogen and oxygen atoms in total. The summed E-state index contributed by atoms with van der Waals surface area (Å²) in [6.07, 6.45) is 1.02. The van der Waals surface area contributed by atoms with Crippen molar-refractivity contribution in [2.24, 2.45) is 0 Å². The highest BCUT2D eigenvalue weighted by molar-refractivity contribution is 5.95. The maximum Gasteiger partial charge on any atom is 0.253 e. The van der Waals surface area contributed by atoms with Crippen molar-refractivity contribution >= 4 is 11.6 Å². The quantitative estimate of drug-likeness (QED) is 0.848. The molecule has 2 heterocycles.